The van der Waals surface area contributed by atoms with E-state index >= 15 is 0 Å². The first-order chi connectivity index (χ1) is 13.3. The van der Waals surface area contributed by atoms with Gasteiger partial charge in [0.25, 0.3) is 5.91 Å². The molecule has 1 aliphatic heterocycles. The van der Waals surface area contributed by atoms with Crippen LogP contribution in [0.5, 0.6) is 0 Å². The van der Waals surface area contributed by atoms with Gasteiger partial charge in [0.2, 0.25) is 5.91 Å². The fourth-order valence-electron chi connectivity index (χ4n) is 2.78. The van der Waals surface area contributed by atoms with Crippen LogP contribution in [0, 0.1) is 5.92 Å². The van der Waals surface area contributed by atoms with E-state index in [2.05, 4.69) is 21.2 Å². The number of rotatable bonds is 5. The van der Waals surface area contributed by atoms with Crippen molar-refractivity contribution in [1.82, 2.24) is 0 Å². The molecule has 146 valence electrons. The summed E-state index contributed by atoms with van der Waals surface area (Å²) in [6.07, 6.45) is 0.0383. The summed E-state index contributed by atoms with van der Waals surface area (Å²) in [6.45, 7) is -0.272. The maximum Gasteiger partial charge on any atom is 0.311 e. The summed E-state index contributed by atoms with van der Waals surface area (Å²) in [5.41, 5.74) is 1.03. The highest BCUT2D eigenvalue weighted by molar-refractivity contribution is 9.10. The lowest BCUT2D eigenvalue weighted by molar-refractivity contribution is -0.151. The van der Waals surface area contributed by atoms with Gasteiger partial charge in [-0.25, -0.2) is 0 Å². The van der Waals surface area contributed by atoms with Gasteiger partial charge in [0, 0.05) is 23.1 Å². The monoisotopic (exact) mass is 484 g/mol. The molecule has 0 bridgehead atoms. The van der Waals surface area contributed by atoms with Crippen molar-refractivity contribution >= 4 is 68.3 Å². The van der Waals surface area contributed by atoms with Gasteiger partial charge >= 0.3 is 5.97 Å². The molecule has 1 N–H and O–H groups in total. The van der Waals surface area contributed by atoms with Gasteiger partial charge in [-0.05, 0) is 36.4 Å². The molecule has 9 heteroatoms. The molecule has 6 nitrogen and oxygen atoms in total. The molecule has 2 amide bonds. The van der Waals surface area contributed by atoms with E-state index in [1.165, 1.54) is 4.90 Å². The minimum absolute atomic E-state index is 0.0383. The minimum Gasteiger partial charge on any atom is -0.455 e. The van der Waals surface area contributed by atoms with Crippen molar-refractivity contribution < 1.29 is 19.1 Å². The van der Waals surface area contributed by atoms with Crippen molar-refractivity contribution in [1.29, 1.82) is 0 Å². The highest BCUT2D eigenvalue weighted by Crippen LogP contribution is 2.30. The normalized spacial score (nSPS) is 16.2. The zero-order valence-corrected chi connectivity index (χ0v) is 17.6. The van der Waals surface area contributed by atoms with Crippen molar-refractivity contribution in [3.05, 3.63) is 57.0 Å². The molecule has 1 fully saturated rings. The molecule has 3 rings (SSSR count). The number of esters is 1. The second kappa shape index (κ2) is 8.94. The molecular formula is C19H15BrCl2N2O4. The summed E-state index contributed by atoms with van der Waals surface area (Å²) in [6, 6.07) is 12.0. The minimum atomic E-state index is -0.626. The second-order valence-electron chi connectivity index (χ2n) is 6.14. The largest absolute Gasteiger partial charge is 0.455 e. The van der Waals surface area contributed by atoms with Crippen molar-refractivity contribution in [3.8, 4) is 0 Å². The predicted octanol–water partition coefficient (Wildman–Crippen LogP) is 4.29. The summed E-state index contributed by atoms with van der Waals surface area (Å²) >= 11 is 15.2. The van der Waals surface area contributed by atoms with Crippen LogP contribution in [0.4, 0.5) is 11.4 Å². The lowest BCUT2D eigenvalue weighted by atomic mass is 10.1. The van der Waals surface area contributed by atoms with Crippen LogP contribution in [0.3, 0.4) is 0 Å². The van der Waals surface area contributed by atoms with E-state index in [4.69, 9.17) is 27.9 Å². The SMILES string of the molecule is O=C(COC(=O)[C@@H]1CC(=O)N(c2ccc(Br)cc2)C1)Nc1cccc(Cl)c1Cl. The van der Waals surface area contributed by atoms with E-state index in [9.17, 15) is 14.4 Å². The van der Waals surface area contributed by atoms with Crippen molar-refractivity contribution in [2.75, 3.05) is 23.4 Å². The Hall–Kier alpha value is -2.09. The summed E-state index contributed by atoms with van der Waals surface area (Å²) < 4.78 is 5.96. The molecule has 0 radical (unpaired) electrons. The van der Waals surface area contributed by atoms with Gasteiger partial charge in [-0.3, -0.25) is 14.4 Å². The number of amides is 2. The summed E-state index contributed by atoms with van der Waals surface area (Å²) in [4.78, 5) is 38.0. The molecule has 1 aliphatic rings. The number of hydrogen-bond donors (Lipinski definition) is 1. The summed E-state index contributed by atoms with van der Waals surface area (Å²) in [7, 11) is 0. The lowest BCUT2D eigenvalue weighted by Gasteiger charge is -2.16. The third-order valence-electron chi connectivity index (χ3n) is 4.17. The Morgan fingerprint density at radius 3 is 2.61 bits per heavy atom. The standard InChI is InChI=1S/C19H15BrCl2N2O4/c20-12-4-6-13(7-5-12)24-9-11(8-17(24)26)19(27)28-10-16(25)23-15-3-1-2-14(21)18(15)22/h1-7,11H,8-10H2,(H,23,25)/t11-/m1/s1. The first-order valence-electron chi connectivity index (χ1n) is 8.31. The number of halogens is 3. The van der Waals surface area contributed by atoms with E-state index in [1.807, 2.05) is 12.1 Å². The van der Waals surface area contributed by atoms with Gasteiger partial charge in [-0.15, -0.1) is 0 Å². The van der Waals surface area contributed by atoms with E-state index in [0.29, 0.717) is 16.4 Å². The molecule has 0 spiro atoms. The lowest BCUT2D eigenvalue weighted by Crippen LogP contribution is -2.28. The van der Waals surface area contributed by atoms with Crippen LogP contribution in [0.2, 0.25) is 10.0 Å². The molecular weight excluding hydrogens is 471 g/mol. The quantitative estimate of drug-likeness (QED) is 0.641. The van der Waals surface area contributed by atoms with Gasteiger partial charge in [0.15, 0.2) is 6.61 Å². The Morgan fingerprint density at radius 2 is 1.89 bits per heavy atom. The number of carbonyl (C=O) groups excluding carboxylic acids is 3. The Kier molecular flexibility index (Phi) is 6.59. The molecule has 1 heterocycles. The number of nitrogens with one attached hydrogen (secondary N) is 1. The number of benzene rings is 2. The van der Waals surface area contributed by atoms with Crippen molar-refractivity contribution in [2.45, 2.75) is 6.42 Å². The Morgan fingerprint density at radius 1 is 1.18 bits per heavy atom. The number of hydrogen-bond acceptors (Lipinski definition) is 4. The van der Waals surface area contributed by atoms with Crippen LogP contribution >= 0.6 is 39.1 Å². The molecule has 2 aromatic carbocycles. The fraction of sp³-hybridized carbons (Fsp3) is 0.211. The van der Waals surface area contributed by atoms with E-state index in [1.54, 1.807) is 30.3 Å². The van der Waals surface area contributed by atoms with Crippen molar-refractivity contribution in [2.24, 2.45) is 5.92 Å². The average Bonchev–Trinajstić information content (AvgIpc) is 3.06. The highest BCUT2D eigenvalue weighted by Gasteiger charge is 2.36. The molecule has 0 aliphatic carbocycles. The highest BCUT2D eigenvalue weighted by atomic mass is 79.9. The van der Waals surface area contributed by atoms with Crippen LogP contribution in [0.25, 0.3) is 0 Å². The molecule has 1 atom stereocenters. The zero-order chi connectivity index (χ0) is 20.3. The molecule has 2 aromatic rings. The third kappa shape index (κ3) is 4.84. The zero-order valence-electron chi connectivity index (χ0n) is 14.5. The second-order valence-corrected chi connectivity index (χ2v) is 7.84. The van der Waals surface area contributed by atoms with E-state index in [-0.39, 0.29) is 23.9 Å². The van der Waals surface area contributed by atoms with Gasteiger partial charge in [0.1, 0.15) is 0 Å². The Balaban J connectivity index is 1.53. The number of ether oxygens (including phenoxy) is 1. The molecule has 0 aromatic heterocycles. The van der Waals surface area contributed by atoms with Gasteiger partial charge in [0.05, 0.1) is 21.7 Å². The molecule has 28 heavy (non-hydrogen) atoms. The molecule has 0 saturated carbocycles. The molecule has 0 unspecified atom stereocenters. The van der Waals surface area contributed by atoms with Gasteiger partial charge in [-0.1, -0.05) is 45.2 Å². The number of nitrogens with zero attached hydrogens (tertiary/aromatic N) is 1. The first kappa shape index (κ1) is 20.6. The summed E-state index contributed by atoms with van der Waals surface area (Å²) in [5, 5.41) is 3.04. The number of carbonyl (C=O) groups is 3. The smallest absolute Gasteiger partial charge is 0.311 e. The van der Waals surface area contributed by atoms with Crippen LogP contribution in [-0.4, -0.2) is 30.9 Å². The van der Waals surface area contributed by atoms with E-state index < -0.39 is 24.4 Å². The van der Waals surface area contributed by atoms with Crippen molar-refractivity contribution in [3.63, 3.8) is 0 Å². The fourth-order valence-corrected chi connectivity index (χ4v) is 3.39. The number of anilines is 2. The Bertz CT molecular complexity index is 921. The van der Waals surface area contributed by atoms with Gasteiger partial charge < -0.3 is 15.0 Å². The maximum atomic E-state index is 12.3. The summed E-state index contributed by atoms with van der Waals surface area (Å²) in [5.74, 6) is -1.94. The van der Waals surface area contributed by atoms with Gasteiger partial charge in [-0.2, -0.15) is 0 Å². The molecule has 1 saturated heterocycles. The van der Waals surface area contributed by atoms with Crippen LogP contribution in [0.1, 0.15) is 6.42 Å². The first-order valence-corrected chi connectivity index (χ1v) is 9.86. The van der Waals surface area contributed by atoms with Crippen LogP contribution < -0.4 is 10.2 Å². The topological polar surface area (TPSA) is 75.7 Å². The third-order valence-corrected chi connectivity index (χ3v) is 5.52. The average molecular weight is 486 g/mol. The maximum absolute atomic E-state index is 12.3. The predicted molar refractivity (Wildman–Crippen MR) is 111 cm³/mol. The van der Waals surface area contributed by atoms with E-state index in [0.717, 1.165) is 4.47 Å². The Labute approximate surface area is 179 Å². The van der Waals surface area contributed by atoms with Crippen LogP contribution in [-0.2, 0) is 19.1 Å². The van der Waals surface area contributed by atoms with Crippen LogP contribution in [0.15, 0.2) is 46.9 Å².